The van der Waals surface area contributed by atoms with Gasteiger partial charge in [0.25, 0.3) is 0 Å². The third kappa shape index (κ3) is 3.52. The molecule has 1 heterocycles. The van der Waals surface area contributed by atoms with Crippen molar-refractivity contribution in [3.05, 3.63) is 35.4 Å². The first-order chi connectivity index (χ1) is 8.28. The topological polar surface area (TPSA) is 73.6 Å². The molecule has 5 nitrogen and oxygen atoms in total. The summed E-state index contributed by atoms with van der Waals surface area (Å²) in [6.07, 6.45) is 0.534. The largest absolute Gasteiger partial charge is 0.376 e. The zero-order chi connectivity index (χ0) is 12.1. The van der Waals surface area contributed by atoms with Gasteiger partial charge in [0.2, 0.25) is 5.91 Å². The van der Waals surface area contributed by atoms with Crippen molar-refractivity contribution in [3.63, 3.8) is 0 Å². The minimum atomic E-state index is -0.194. The summed E-state index contributed by atoms with van der Waals surface area (Å²) in [5.41, 5.74) is 4.13. The number of ether oxygens (including phenoxy) is 2. The van der Waals surface area contributed by atoms with Crippen LogP contribution in [-0.4, -0.2) is 25.2 Å². The van der Waals surface area contributed by atoms with Gasteiger partial charge < -0.3 is 9.47 Å². The third-order valence-corrected chi connectivity index (χ3v) is 2.64. The van der Waals surface area contributed by atoms with Gasteiger partial charge in [-0.05, 0) is 11.1 Å². The predicted octanol–water partition coefficient (Wildman–Crippen LogP) is 0.134. The molecule has 92 valence electrons. The van der Waals surface area contributed by atoms with E-state index in [1.807, 2.05) is 24.3 Å². The van der Waals surface area contributed by atoms with Crippen molar-refractivity contribution in [1.82, 2.24) is 5.43 Å². The van der Waals surface area contributed by atoms with Crippen LogP contribution in [-0.2, 0) is 27.3 Å². The summed E-state index contributed by atoms with van der Waals surface area (Å²) in [5.74, 6) is 4.83. The molecule has 1 aliphatic rings. The number of nitrogens with one attached hydrogen (secondary N) is 1. The standard InChI is InChI=1S/C12H16N2O3/c13-14-12(15)5-9-1-3-10(4-2-9)6-17-11-7-16-8-11/h1-4,11H,5-8,13H2,(H,14,15). The lowest BCUT2D eigenvalue weighted by Gasteiger charge is -2.25. The average Bonchev–Trinajstić information content (AvgIpc) is 2.29. The van der Waals surface area contributed by atoms with Gasteiger partial charge in [-0.2, -0.15) is 0 Å². The molecule has 5 heteroatoms. The first-order valence-electron chi connectivity index (χ1n) is 5.54. The Hall–Kier alpha value is -1.43. The second-order valence-corrected chi connectivity index (χ2v) is 4.03. The fraction of sp³-hybridized carbons (Fsp3) is 0.417. The van der Waals surface area contributed by atoms with Crippen LogP contribution < -0.4 is 11.3 Å². The van der Waals surface area contributed by atoms with E-state index in [1.54, 1.807) is 0 Å². The highest BCUT2D eigenvalue weighted by Gasteiger charge is 2.18. The van der Waals surface area contributed by atoms with E-state index in [0.717, 1.165) is 11.1 Å². The van der Waals surface area contributed by atoms with Crippen LogP contribution in [0.1, 0.15) is 11.1 Å². The number of hydrogen-bond donors (Lipinski definition) is 2. The van der Waals surface area contributed by atoms with Gasteiger partial charge in [0, 0.05) is 0 Å². The number of rotatable bonds is 5. The fourth-order valence-corrected chi connectivity index (χ4v) is 1.51. The molecular formula is C12H16N2O3. The molecule has 1 fully saturated rings. The van der Waals surface area contributed by atoms with E-state index in [1.165, 1.54) is 0 Å². The van der Waals surface area contributed by atoms with Gasteiger partial charge in [-0.15, -0.1) is 0 Å². The summed E-state index contributed by atoms with van der Waals surface area (Å²) in [4.78, 5) is 11.1. The number of hydrazine groups is 1. The molecule has 0 atom stereocenters. The smallest absolute Gasteiger partial charge is 0.238 e. The van der Waals surface area contributed by atoms with Crippen molar-refractivity contribution in [2.75, 3.05) is 13.2 Å². The Labute approximate surface area is 99.9 Å². The van der Waals surface area contributed by atoms with Gasteiger partial charge in [-0.1, -0.05) is 24.3 Å². The van der Waals surface area contributed by atoms with Crippen LogP contribution in [0.15, 0.2) is 24.3 Å². The van der Waals surface area contributed by atoms with Gasteiger partial charge in [-0.3, -0.25) is 10.2 Å². The van der Waals surface area contributed by atoms with Crippen LogP contribution in [0.4, 0.5) is 0 Å². The van der Waals surface area contributed by atoms with Gasteiger partial charge in [-0.25, -0.2) is 5.84 Å². The minimum absolute atomic E-state index is 0.194. The Kier molecular flexibility index (Phi) is 4.08. The van der Waals surface area contributed by atoms with Crippen LogP contribution >= 0.6 is 0 Å². The molecule has 17 heavy (non-hydrogen) atoms. The molecule has 0 saturated carbocycles. The molecule has 1 amide bonds. The van der Waals surface area contributed by atoms with Gasteiger partial charge in [0.15, 0.2) is 0 Å². The van der Waals surface area contributed by atoms with Crippen molar-refractivity contribution in [2.24, 2.45) is 5.84 Å². The molecule has 1 aromatic carbocycles. The van der Waals surface area contributed by atoms with Gasteiger partial charge in [0.05, 0.1) is 26.2 Å². The summed E-state index contributed by atoms with van der Waals surface area (Å²) < 4.78 is 10.6. The summed E-state index contributed by atoms with van der Waals surface area (Å²) >= 11 is 0. The van der Waals surface area contributed by atoms with Crippen molar-refractivity contribution in [2.45, 2.75) is 19.1 Å². The first kappa shape index (κ1) is 12.0. The highest BCUT2D eigenvalue weighted by molar-refractivity contribution is 5.77. The summed E-state index contributed by atoms with van der Waals surface area (Å²) in [6, 6.07) is 7.73. The molecule has 0 spiro atoms. The van der Waals surface area contributed by atoms with Crippen molar-refractivity contribution >= 4 is 5.91 Å². The molecule has 0 bridgehead atoms. The van der Waals surface area contributed by atoms with Crippen molar-refractivity contribution in [1.29, 1.82) is 0 Å². The van der Waals surface area contributed by atoms with Crippen LogP contribution in [0.5, 0.6) is 0 Å². The lowest BCUT2D eigenvalue weighted by atomic mass is 10.1. The Balaban J connectivity index is 1.81. The molecule has 0 aliphatic carbocycles. The zero-order valence-corrected chi connectivity index (χ0v) is 9.52. The van der Waals surface area contributed by atoms with Crippen LogP contribution in [0.2, 0.25) is 0 Å². The predicted molar refractivity (Wildman–Crippen MR) is 61.9 cm³/mol. The monoisotopic (exact) mass is 236 g/mol. The van der Waals surface area contributed by atoms with Gasteiger partial charge >= 0.3 is 0 Å². The second-order valence-electron chi connectivity index (χ2n) is 4.03. The average molecular weight is 236 g/mol. The third-order valence-electron chi connectivity index (χ3n) is 2.64. The van der Waals surface area contributed by atoms with E-state index in [-0.39, 0.29) is 12.0 Å². The Bertz CT molecular complexity index is 374. The number of hydrogen-bond acceptors (Lipinski definition) is 4. The molecular weight excluding hydrogens is 220 g/mol. The maximum atomic E-state index is 11.1. The molecule has 1 saturated heterocycles. The minimum Gasteiger partial charge on any atom is -0.376 e. The lowest BCUT2D eigenvalue weighted by molar-refractivity contribution is -0.135. The van der Waals surface area contributed by atoms with Crippen LogP contribution in [0, 0.1) is 0 Å². The zero-order valence-electron chi connectivity index (χ0n) is 9.52. The number of carbonyl (C=O) groups is 1. The Morgan fingerprint density at radius 1 is 1.35 bits per heavy atom. The van der Waals surface area contributed by atoms with E-state index in [0.29, 0.717) is 26.2 Å². The van der Waals surface area contributed by atoms with Gasteiger partial charge in [0.1, 0.15) is 6.10 Å². The summed E-state index contributed by atoms with van der Waals surface area (Å²) in [7, 11) is 0. The normalized spacial score (nSPS) is 15.4. The maximum Gasteiger partial charge on any atom is 0.238 e. The van der Waals surface area contributed by atoms with Crippen molar-refractivity contribution < 1.29 is 14.3 Å². The number of carbonyl (C=O) groups excluding carboxylic acids is 1. The fourth-order valence-electron chi connectivity index (χ4n) is 1.51. The Morgan fingerprint density at radius 3 is 2.53 bits per heavy atom. The van der Waals surface area contributed by atoms with Crippen molar-refractivity contribution in [3.8, 4) is 0 Å². The first-order valence-corrected chi connectivity index (χ1v) is 5.54. The quantitative estimate of drug-likeness (QED) is 0.433. The summed E-state index contributed by atoms with van der Waals surface area (Å²) in [5, 5.41) is 0. The Morgan fingerprint density at radius 2 is 2.00 bits per heavy atom. The van der Waals surface area contributed by atoms with Crippen LogP contribution in [0.25, 0.3) is 0 Å². The second kappa shape index (κ2) is 5.77. The van der Waals surface area contributed by atoms with E-state index in [2.05, 4.69) is 5.43 Å². The van der Waals surface area contributed by atoms with E-state index in [4.69, 9.17) is 15.3 Å². The highest BCUT2D eigenvalue weighted by Crippen LogP contribution is 2.11. The molecule has 1 aliphatic heterocycles. The van der Waals surface area contributed by atoms with E-state index < -0.39 is 0 Å². The summed E-state index contributed by atoms with van der Waals surface area (Å²) in [6.45, 7) is 1.96. The molecule has 2 rings (SSSR count). The molecule has 3 N–H and O–H groups in total. The SMILES string of the molecule is NNC(=O)Cc1ccc(COC2COC2)cc1. The highest BCUT2D eigenvalue weighted by atomic mass is 16.6. The number of benzene rings is 1. The maximum absolute atomic E-state index is 11.1. The lowest BCUT2D eigenvalue weighted by Crippen LogP contribution is -2.35. The molecule has 0 aromatic heterocycles. The van der Waals surface area contributed by atoms with Crippen LogP contribution in [0.3, 0.4) is 0 Å². The van der Waals surface area contributed by atoms with E-state index in [9.17, 15) is 4.79 Å². The molecule has 0 radical (unpaired) electrons. The number of nitrogens with two attached hydrogens (primary N) is 1. The number of amides is 1. The molecule has 0 unspecified atom stereocenters. The van der Waals surface area contributed by atoms with E-state index >= 15 is 0 Å². The molecule has 1 aromatic rings.